The number of nitrogens with zero attached hydrogens (tertiary/aromatic N) is 2. The van der Waals surface area contributed by atoms with Crippen molar-refractivity contribution >= 4 is 18.5 Å². The molecule has 0 spiro atoms. The van der Waals surface area contributed by atoms with Crippen molar-refractivity contribution in [3.05, 3.63) is 82.6 Å². The number of nitrogens with one attached hydrogen (secondary N) is 1. The molecule has 1 heterocycles. The molecule has 0 bridgehead atoms. The standard InChI is InChI=1S/C29H39F2N3O2S/c1-7-17(3)13-24(37)27-25(29(36)32-15-21-11-12-22(30)14-23(21)31)18(4)28(35)26(33(27)6)19(5)34(8-2)16-20-9-10-20/h11-12,14,17,20,24,35,37H,4-5,7-10,13,15-16H2,1-3,6H3,(H,32,36). The summed E-state index contributed by atoms with van der Waals surface area (Å²) in [6, 6.07) is 3.22. The van der Waals surface area contributed by atoms with Crippen LogP contribution in [-0.2, 0) is 11.3 Å². The number of hydrogen-bond acceptors (Lipinski definition) is 5. The van der Waals surface area contributed by atoms with Gasteiger partial charge in [-0.3, -0.25) is 4.79 Å². The van der Waals surface area contributed by atoms with E-state index in [1.54, 1.807) is 11.9 Å². The van der Waals surface area contributed by atoms with Crippen molar-refractivity contribution in [1.82, 2.24) is 15.1 Å². The molecule has 0 aromatic heterocycles. The molecule has 202 valence electrons. The normalized spacial score (nSPS) is 17.7. The molecule has 1 aliphatic carbocycles. The van der Waals surface area contributed by atoms with E-state index in [0.29, 0.717) is 35.3 Å². The van der Waals surface area contributed by atoms with Gasteiger partial charge in [-0.25, -0.2) is 8.78 Å². The molecule has 1 fully saturated rings. The van der Waals surface area contributed by atoms with Gasteiger partial charge in [0.05, 0.1) is 11.3 Å². The number of rotatable bonds is 12. The lowest BCUT2D eigenvalue weighted by Crippen LogP contribution is -2.39. The van der Waals surface area contributed by atoms with Crippen molar-refractivity contribution in [2.45, 2.75) is 58.2 Å². The van der Waals surface area contributed by atoms with Crippen molar-refractivity contribution < 1.29 is 18.7 Å². The predicted molar refractivity (Wildman–Crippen MR) is 148 cm³/mol. The molecule has 37 heavy (non-hydrogen) atoms. The Balaban J connectivity index is 1.97. The van der Waals surface area contributed by atoms with Crippen LogP contribution in [0.25, 0.3) is 0 Å². The number of aliphatic hydroxyl groups excluding tert-OH is 1. The molecule has 2 N–H and O–H groups in total. The van der Waals surface area contributed by atoms with E-state index in [0.717, 1.165) is 31.6 Å². The fourth-order valence-electron chi connectivity index (χ4n) is 4.62. The molecule has 5 nitrogen and oxygen atoms in total. The predicted octanol–water partition coefficient (Wildman–Crippen LogP) is 6.09. The number of benzene rings is 1. The molecule has 2 unspecified atom stereocenters. The van der Waals surface area contributed by atoms with Crippen molar-refractivity contribution in [1.29, 1.82) is 0 Å². The van der Waals surface area contributed by atoms with Gasteiger partial charge in [0.15, 0.2) is 0 Å². The van der Waals surface area contributed by atoms with E-state index < -0.39 is 17.5 Å². The highest BCUT2D eigenvalue weighted by Crippen LogP contribution is 2.40. The van der Waals surface area contributed by atoms with Gasteiger partial charge in [-0.2, -0.15) is 12.6 Å². The topological polar surface area (TPSA) is 55.8 Å². The number of halogens is 2. The summed E-state index contributed by atoms with van der Waals surface area (Å²) in [5, 5.41) is 13.7. The third-order valence-corrected chi connectivity index (χ3v) is 7.75. The first-order chi connectivity index (χ1) is 17.5. The third kappa shape index (κ3) is 6.58. The fourth-order valence-corrected chi connectivity index (χ4v) is 5.28. The SMILES string of the molecule is C=C1C(O)=C(C(=C)N(CC)CC2CC2)N(C)C(C(S)CC(C)CC)=C1C(=O)NCc1ccc(F)cc1F. The molecule has 1 aliphatic heterocycles. The number of aliphatic hydroxyl groups is 1. The summed E-state index contributed by atoms with van der Waals surface area (Å²) in [5.41, 5.74) is 2.32. The molecule has 3 rings (SSSR count). The zero-order chi connectivity index (χ0) is 27.4. The van der Waals surface area contributed by atoms with Gasteiger partial charge >= 0.3 is 0 Å². The van der Waals surface area contributed by atoms with Crippen LogP contribution >= 0.6 is 12.6 Å². The molecule has 1 aromatic carbocycles. The van der Waals surface area contributed by atoms with Crippen LogP contribution < -0.4 is 5.32 Å². The number of likely N-dealkylation sites (N-methyl/N-ethyl adjacent to an activating group) is 2. The van der Waals surface area contributed by atoms with Crippen LogP contribution in [0.3, 0.4) is 0 Å². The molecule has 8 heteroatoms. The Morgan fingerprint density at radius 3 is 2.57 bits per heavy atom. The number of hydrogen-bond donors (Lipinski definition) is 3. The third-order valence-electron chi connectivity index (χ3n) is 7.30. The highest BCUT2D eigenvalue weighted by Gasteiger charge is 2.37. The first-order valence-electron chi connectivity index (χ1n) is 12.9. The molecule has 1 saturated carbocycles. The van der Waals surface area contributed by atoms with Crippen molar-refractivity contribution in [3.8, 4) is 0 Å². The number of carbonyl (C=O) groups is 1. The zero-order valence-electron chi connectivity index (χ0n) is 22.3. The largest absolute Gasteiger partial charge is 0.505 e. The van der Waals surface area contributed by atoms with Crippen LogP contribution in [-0.4, -0.2) is 46.2 Å². The fraction of sp³-hybridized carbons (Fsp3) is 0.483. The van der Waals surface area contributed by atoms with Gasteiger partial charge < -0.3 is 20.2 Å². The van der Waals surface area contributed by atoms with Crippen molar-refractivity contribution in [2.24, 2.45) is 11.8 Å². The lowest BCUT2D eigenvalue weighted by atomic mass is 9.90. The monoisotopic (exact) mass is 531 g/mol. The number of amides is 1. The zero-order valence-corrected chi connectivity index (χ0v) is 23.2. The van der Waals surface area contributed by atoms with Crippen LogP contribution in [0.5, 0.6) is 0 Å². The molecular formula is C29H39F2N3O2S. The van der Waals surface area contributed by atoms with Gasteiger partial charge in [0, 0.05) is 54.8 Å². The van der Waals surface area contributed by atoms with Crippen LogP contribution in [0.4, 0.5) is 8.78 Å². The summed E-state index contributed by atoms with van der Waals surface area (Å²) in [4.78, 5) is 17.4. The van der Waals surface area contributed by atoms with E-state index in [1.807, 2.05) is 0 Å². The summed E-state index contributed by atoms with van der Waals surface area (Å²) in [6.07, 6.45) is 4.03. The van der Waals surface area contributed by atoms with Gasteiger partial charge in [0.1, 0.15) is 23.1 Å². The lowest BCUT2D eigenvalue weighted by Gasteiger charge is -2.39. The molecule has 2 atom stereocenters. The number of thiol groups is 1. The molecule has 1 aromatic rings. The number of allylic oxidation sites excluding steroid dienone is 1. The van der Waals surface area contributed by atoms with Crippen molar-refractivity contribution in [2.75, 3.05) is 20.1 Å². The smallest absolute Gasteiger partial charge is 0.254 e. The second kappa shape index (κ2) is 12.2. The van der Waals surface area contributed by atoms with E-state index in [9.17, 15) is 18.7 Å². The van der Waals surface area contributed by atoms with Crippen LogP contribution in [0, 0.1) is 23.5 Å². The maximum Gasteiger partial charge on any atom is 0.254 e. The first kappa shape index (κ1) is 28.8. The van der Waals surface area contributed by atoms with Gasteiger partial charge in [-0.05, 0) is 44.1 Å². The van der Waals surface area contributed by atoms with Gasteiger partial charge in [0.25, 0.3) is 5.91 Å². The maximum atomic E-state index is 14.2. The quantitative estimate of drug-likeness (QED) is 0.286. The van der Waals surface area contributed by atoms with E-state index in [2.05, 4.69) is 44.1 Å². The second-order valence-corrected chi connectivity index (χ2v) is 10.7. The highest BCUT2D eigenvalue weighted by atomic mass is 32.1. The average molecular weight is 532 g/mol. The van der Waals surface area contributed by atoms with Gasteiger partial charge in [-0.1, -0.05) is 39.5 Å². The second-order valence-electron chi connectivity index (χ2n) is 10.1. The van der Waals surface area contributed by atoms with Gasteiger partial charge in [0.2, 0.25) is 0 Å². The molecule has 2 aliphatic rings. The van der Waals surface area contributed by atoms with Crippen molar-refractivity contribution in [3.63, 3.8) is 0 Å². The lowest BCUT2D eigenvalue weighted by molar-refractivity contribution is -0.117. The highest BCUT2D eigenvalue weighted by molar-refractivity contribution is 7.81. The van der Waals surface area contributed by atoms with E-state index in [4.69, 9.17) is 12.6 Å². The first-order valence-corrected chi connectivity index (χ1v) is 13.5. The van der Waals surface area contributed by atoms with E-state index >= 15 is 0 Å². The molecule has 1 amide bonds. The summed E-state index contributed by atoms with van der Waals surface area (Å²) in [6.45, 7) is 16.1. The average Bonchev–Trinajstić information content (AvgIpc) is 3.67. The molecule has 0 radical (unpaired) electrons. The Morgan fingerprint density at radius 2 is 2.00 bits per heavy atom. The summed E-state index contributed by atoms with van der Waals surface area (Å²) in [5.74, 6) is -1.08. The minimum Gasteiger partial charge on any atom is -0.505 e. The minimum atomic E-state index is -0.741. The van der Waals surface area contributed by atoms with Crippen LogP contribution in [0.1, 0.15) is 52.0 Å². The summed E-state index contributed by atoms with van der Waals surface area (Å²) >= 11 is 4.89. The molecule has 0 saturated heterocycles. The Hall–Kier alpha value is -2.74. The number of carbonyl (C=O) groups excluding carboxylic acids is 1. The Labute approximate surface area is 225 Å². The summed E-state index contributed by atoms with van der Waals surface area (Å²) in [7, 11) is 1.80. The Kier molecular flexibility index (Phi) is 9.51. The Bertz CT molecular complexity index is 1130. The van der Waals surface area contributed by atoms with Crippen LogP contribution in [0.2, 0.25) is 0 Å². The minimum absolute atomic E-state index is 0.118. The van der Waals surface area contributed by atoms with Crippen LogP contribution in [0.15, 0.2) is 65.4 Å². The summed E-state index contributed by atoms with van der Waals surface area (Å²) < 4.78 is 27.5. The van der Waals surface area contributed by atoms with E-state index in [1.165, 1.54) is 18.9 Å². The van der Waals surface area contributed by atoms with Gasteiger partial charge in [-0.15, -0.1) is 0 Å². The molecular weight excluding hydrogens is 492 g/mol. The Morgan fingerprint density at radius 1 is 1.32 bits per heavy atom. The maximum absolute atomic E-state index is 14.2. The van der Waals surface area contributed by atoms with E-state index in [-0.39, 0.29) is 34.3 Å².